The summed E-state index contributed by atoms with van der Waals surface area (Å²) in [5.74, 6) is 0.628. The maximum absolute atomic E-state index is 11.6. The van der Waals surface area contributed by atoms with Crippen LogP contribution in [0.5, 0.6) is 0 Å². The minimum atomic E-state index is 0.0237. The van der Waals surface area contributed by atoms with E-state index in [0.29, 0.717) is 18.8 Å². The minimum Gasteiger partial charge on any atom is -0.349 e. The number of nitrogens with one attached hydrogen (secondary N) is 1. The molecule has 0 aliphatic rings. The number of tetrazole rings is 1. The fraction of sp³-hybridized carbons (Fsp3) is 0.385. The van der Waals surface area contributed by atoms with Crippen molar-refractivity contribution in [2.75, 3.05) is 0 Å². The van der Waals surface area contributed by atoms with E-state index >= 15 is 0 Å². The summed E-state index contributed by atoms with van der Waals surface area (Å²) in [6, 6.07) is 7.66. The standard InChI is InChI=1S/C13H16BrN5O/c1-2-3-7-13(20)15-9-12-16-17-18-19(12)11-6-4-5-10(14)8-11/h4-6,8H,2-3,7,9H2,1H3,(H,15,20). The van der Waals surface area contributed by atoms with E-state index in [1.165, 1.54) is 0 Å². The van der Waals surface area contributed by atoms with Gasteiger partial charge in [-0.3, -0.25) is 4.79 Å². The number of hydrogen-bond acceptors (Lipinski definition) is 4. The maximum atomic E-state index is 11.6. The van der Waals surface area contributed by atoms with Crippen molar-refractivity contribution in [3.05, 3.63) is 34.6 Å². The minimum absolute atomic E-state index is 0.0237. The molecule has 0 spiro atoms. The highest BCUT2D eigenvalue weighted by atomic mass is 79.9. The third kappa shape index (κ3) is 3.86. The Morgan fingerprint density at radius 3 is 3.05 bits per heavy atom. The first kappa shape index (κ1) is 14.6. The van der Waals surface area contributed by atoms with Crippen molar-refractivity contribution in [1.82, 2.24) is 25.5 Å². The third-order valence-electron chi connectivity index (χ3n) is 2.79. The van der Waals surface area contributed by atoms with Crippen molar-refractivity contribution in [1.29, 1.82) is 0 Å². The number of halogens is 1. The highest BCUT2D eigenvalue weighted by molar-refractivity contribution is 9.10. The second-order valence-electron chi connectivity index (χ2n) is 4.37. The van der Waals surface area contributed by atoms with Gasteiger partial charge in [-0.15, -0.1) is 5.10 Å². The summed E-state index contributed by atoms with van der Waals surface area (Å²) < 4.78 is 2.56. The smallest absolute Gasteiger partial charge is 0.220 e. The maximum Gasteiger partial charge on any atom is 0.220 e. The largest absolute Gasteiger partial charge is 0.349 e. The lowest BCUT2D eigenvalue weighted by Crippen LogP contribution is -2.24. The lowest BCUT2D eigenvalue weighted by Gasteiger charge is -2.06. The zero-order valence-electron chi connectivity index (χ0n) is 11.2. The molecule has 2 rings (SSSR count). The molecular formula is C13H16BrN5O. The van der Waals surface area contributed by atoms with Crippen LogP contribution in [0.1, 0.15) is 32.0 Å². The van der Waals surface area contributed by atoms with Crippen LogP contribution < -0.4 is 5.32 Å². The van der Waals surface area contributed by atoms with Gasteiger partial charge in [0.15, 0.2) is 5.82 Å². The number of hydrogen-bond donors (Lipinski definition) is 1. The third-order valence-corrected chi connectivity index (χ3v) is 3.28. The predicted octanol–water partition coefficient (Wildman–Crippen LogP) is 2.23. The van der Waals surface area contributed by atoms with Crippen LogP contribution in [0.25, 0.3) is 5.69 Å². The van der Waals surface area contributed by atoms with E-state index in [1.54, 1.807) is 4.68 Å². The topological polar surface area (TPSA) is 72.7 Å². The zero-order valence-corrected chi connectivity index (χ0v) is 12.8. The average molecular weight is 338 g/mol. The van der Waals surface area contributed by atoms with Crippen molar-refractivity contribution in [3.8, 4) is 5.69 Å². The molecule has 7 heteroatoms. The Bertz CT molecular complexity index is 584. The predicted molar refractivity (Wildman–Crippen MR) is 78.2 cm³/mol. The van der Waals surface area contributed by atoms with Gasteiger partial charge in [0.05, 0.1) is 12.2 Å². The van der Waals surface area contributed by atoms with Gasteiger partial charge >= 0.3 is 0 Å². The monoisotopic (exact) mass is 337 g/mol. The number of rotatable bonds is 6. The Hall–Kier alpha value is -1.76. The fourth-order valence-corrected chi connectivity index (χ4v) is 2.11. The summed E-state index contributed by atoms with van der Waals surface area (Å²) in [6.07, 6.45) is 2.43. The summed E-state index contributed by atoms with van der Waals surface area (Å²) >= 11 is 3.41. The Morgan fingerprint density at radius 1 is 1.45 bits per heavy atom. The summed E-state index contributed by atoms with van der Waals surface area (Å²) in [5.41, 5.74) is 0.849. The van der Waals surface area contributed by atoms with Crippen LogP contribution in [0.15, 0.2) is 28.7 Å². The Morgan fingerprint density at radius 2 is 2.30 bits per heavy atom. The van der Waals surface area contributed by atoms with E-state index in [-0.39, 0.29) is 5.91 Å². The van der Waals surface area contributed by atoms with Gasteiger partial charge in [0, 0.05) is 10.9 Å². The van der Waals surface area contributed by atoms with Gasteiger partial charge in [-0.05, 0) is 35.0 Å². The number of aromatic nitrogens is 4. The molecule has 6 nitrogen and oxygen atoms in total. The van der Waals surface area contributed by atoms with E-state index in [0.717, 1.165) is 23.0 Å². The first-order valence-corrected chi connectivity index (χ1v) is 7.30. The van der Waals surface area contributed by atoms with E-state index in [4.69, 9.17) is 0 Å². The molecule has 1 amide bonds. The molecule has 1 heterocycles. The summed E-state index contributed by atoms with van der Waals surface area (Å²) in [7, 11) is 0. The zero-order chi connectivity index (χ0) is 14.4. The Kier molecular flexibility index (Phi) is 5.23. The van der Waals surface area contributed by atoms with E-state index < -0.39 is 0 Å². The second-order valence-corrected chi connectivity index (χ2v) is 5.28. The van der Waals surface area contributed by atoms with Crippen molar-refractivity contribution < 1.29 is 4.79 Å². The lowest BCUT2D eigenvalue weighted by atomic mass is 10.2. The molecule has 0 saturated heterocycles. The highest BCUT2D eigenvalue weighted by Gasteiger charge is 2.09. The van der Waals surface area contributed by atoms with Crippen LogP contribution in [0, 0.1) is 0 Å². The van der Waals surface area contributed by atoms with E-state index in [1.807, 2.05) is 24.3 Å². The molecule has 106 valence electrons. The quantitative estimate of drug-likeness (QED) is 0.877. The fourth-order valence-electron chi connectivity index (χ4n) is 1.73. The van der Waals surface area contributed by atoms with E-state index in [2.05, 4.69) is 43.7 Å². The molecule has 1 aromatic heterocycles. The summed E-state index contributed by atoms with van der Waals surface area (Å²) in [6.45, 7) is 2.38. The molecule has 0 aliphatic carbocycles. The summed E-state index contributed by atoms with van der Waals surface area (Å²) in [5, 5.41) is 14.4. The summed E-state index contributed by atoms with van der Waals surface area (Å²) in [4.78, 5) is 11.6. The SMILES string of the molecule is CCCCC(=O)NCc1nnnn1-c1cccc(Br)c1. The molecule has 2 aromatic rings. The van der Waals surface area contributed by atoms with Gasteiger partial charge < -0.3 is 5.32 Å². The molecule has 0 atom stereocenters. The molecule has 1 N–H and O–H groups in total. The first-order valence-electron chi connectivity index (χ1n) is 6.50. The van der Waals surface area contributed by atoms with Gasteiger partial charge in [-0.2, -0.15) is 4.68 Å². The first-order chi connectivity index (χ1) is 9.70. The van der Waals surface area contributed by atoms with Gasteiger partial charge in [0.2, 0.25) is 5.91 Å². The number of benzene rings is 1. The molecule has 20 heavy (non-hydrogen) atoms. The second kappa shape index (κ2) is 7.14. The van der Waals surface area contributed by atoms with Crippen LogP contribution in [0.4, 0.5) is 0 Å². The number of unbranched alkanes of at least 4 members (excludes halogenated alkanes) is 1. The van der Waals surface area contributed by atoms with Crippen molar-refractivity contribution in [3.63, 3.8) is 0 Å². The van der Waals surface area contributed by atoms with Crippen LogP contribution in [0.2, 0.25) is 0 Å². The molecule has 0 bridgehead atoms. The Labute approximate surface area is 125 Å². The number of carbonyl (C=O) groups is 1. The molecule has 0 unspecified atom stereocenters. The van der Waals surface area contributed by atoms with Crippen molar-refractivity contribution in [2.45, 2.75) is 32.7 Å². The van der Waals surface area contributed by atoms with Crippen LogP contribution in [0.3, 0.4) is 0 Å². The molecule has 0 fully saturated rings. The van der Waals surface area contributed by atoms with Crippen LogP contribution >= 0.6 is 15.9 Å². The highest BCUT2D eigenvalue weighted by Crippen LogP contribution is 2.15. The lowest BCUT2D eigenvalue weighted by molar-refractivity contribution is -0.121. The van der Waals surface area contributed by atoms with Gasteiger partial charge in [-0.1, -0.05) is 35.3 Å². The van der Waals surface area contributed by atoms with Gasteiger partial charge in [0.25, 0.3) is 0 Å². The van der Waals surface area contributed by atoms with Crippen molar-refractivity contribution >= 4 is 21.8 Å². The van der Waals surface area contributed by atoms with Crippen LogP contribution in [-0.4, -0.2) is 26.1 Å². The number of amides is 1. The molecular weight excluding hydrogens is 322 g/mol. The molecule has 0 radical (unpaired) electrons. The molecule has 1 aromatic carbocycles. The average Bonchev–Trinajstić information content (AvgIpc) is 2.91. The Balaban J connectivity index is 2.04. The molecule has 0 saturated carbocycles. The molecule has 0 aliphatic heterocycles. The van der Waals surface area contributed by atoms with E-state index in [9.17, 15) is 4.79 Å². The van der Waals surface area contributed by atoms with Crippen LogP contribution in [-0.2, 0) is 11.3 Å². The number of nitrogens with zero attached hydrogens (tertiary/aromatic N) is 4. The van der Waals surface area contributed by atoms with Crippen molar-refractivity contribution in [2.24, 2.45) is 0 Å². The van der Waals surface area contributed by atoms with Gasteiger partial charge in [-0.25, -0.2) is 0 Å². The van der Waals surface area contributed by atoms with Gasteiger partial charge in [0.1, 0.15) is 0 Å². The normalized spacial score (nSPS) is 10.5. The number of carbonyl (C=O) groups excluding carboxylic acids is 1.